The summed E-state index contributed by atoms with van der Waals surface area (Å²) in [5, 5.41) is 49.8. The van der Waals surface area contributed by atoms with Crippen LogP contribution in [0.3, 0.4) is 0 Å². The molecule has 0 unspecified atom stereocenters. The number of morpholine rings is 1. The van der Waals surface area contributed by atoms with E-state index in [1.165, 1.54) is 61.3 Å². The number of carbonyl (C=O) groups excluding carboxylic acids is 11. The fourth-order valence-electron chi connectivity index (χ4n) is 11.4. The first-order valence-electron chi connectivity index (χ1n) is 30.4. The third kappa shape index (κ3) is 17.2. The molecule has 8 rings (SSSR count). The molecule has 0 saturated carbocycles. The van der Waals surface area contributed by atoms with Crippen LogP contribution in [0.5, 0.6) is 17.2 Å². The lowest BCUT2D eigenvalue weighted by Gasteiger charge is -2.42. The molecule has 5 aliphatic rings. The van der Waals surface area contributed by atoms with Gasteiger partial charge in [-0.3, -0.25) is 48.6 Å². The van der Waals surface area contributed by atoms with Gasteiger partial charge in [-0.25, -0.2) is 14.4 Å². The van der Waals surface area contributed by atoms with Gasteiger partial charge in [-0.2, -0.15) is 0 Å². The summed E-state index contributed by atoms with van der Waals surface area (Å²) in [6, 6.07) is 8.69. The lowest BCUT2D eigenvalue weighted by Crippen LogP contribution is -2.50. The Morgan fingerprint density at radius 2 is 1.54 bits per heavy atom. The number of likely N-dealkylation sites (tertiary alicyclic amines) is 1. The first-order chi connectivity index (χ1) is 44.0. The second-order valence-electron chi connectivity index (χ2n) is 23.1. The van der Waals surface area contributed by atoms with Crippen LogP contribution in [0.2, 0.25) is 0 Å². The fourth-order valence-corrected chi connectivity index (χ4v) is 11.4. The molecule has 2 aliphatic carbocycles. The molecule has 9 amide bonds. The molecule has 0 bridgehead atoms. The normalized spacial score (nSPS) is 21.2. The maximum atomic E-state index is 14.2. The van der Waals surface area contributed by atoms with Crippen LogP contribution in [-0.2, 0) is 70.2 Å². The Kier molecular flexibility index (Phi) is 23.6. The van der Waals surface area contributed by atoms with E-state index < -0.39 is 132 Å². The maximum Gasteiger partial charge on any atom is 0.409 e. The second-order valence-corrected chi connectivity index (χ2v) is 23.1. The van der Waals surface area contributed by atoms with Crippen molar-refractivity contribution in [2.45, 2.75) is 133 Å². The number of fused-ring (bicyclic) bond motifs is 3. The number of ether oxygens (including phenoxy) is 7. The Morgan fingerprint density at radius 1 is 0.837 bits per heavy atom. The van der Waals surface area contributed by atoms with Crippen LogP contribution < -0.4 is 37.1 Å². The van der Waals surface area contributed by atoms with Gasteiger partial charge in [0.15, 0.2) is 18.7 Å². The van der Waals surface area contributed by atoms with Crippen LogP contribution in [-0.4, -0.2) is 212 Å². The summed E-state index contributed by atoms with van der Waals surface area (Å²) in [5.41, 5.74) is 1.81. The third-order valence-electron chi connectivity index (χ3n) is 16.5. The average Bonchev–Trinajstić information content (AvgIpc) is 0.862. The molecule has 3 fully saturated rings. The molecule has 3 heterocycles. The van der Waals surface area contributed by atoms with Gasteiger partial charge >= 0.3 is 18.2 Å². The zero-order chi connectivity index (χ0) is 66.4. The number of imide groups is 1. The number of hydrogen-bond donors (Lipinski definition) is 9. The highest BCUT2D eigenvalue weighted by Crippen LogP contribution is 2.53. The third-order valence-corrected chi connectivity index (χ3v) is 16.5. The van der Waals surface area contributed by atoms with Crippen LogP contribution in [0.4, 0.5) is 20.1 Å². The summed E-state index contributed by atoms with van der Waals surface area (Å²) in [6.45, 7) is 1.85. The smallest absolute Gasteiger partial charge is 0.409 e. The summed E-state index contributed by atoms with van der Waals surface area (Å²) in [5.74, 6) is -6.19. The standard InChI is InChI=1S/C62H79N9O21/c1-34-40(91-46-33-87-27-23-64-46)18-21-49(90-34)92-42-29-62(85,28-38-51(42)57(80)53-52(55(38)78)54(77)37-10-8-12-41(86-4)50(37)56(53)79)43(72)32-89-61(84)70(3)26-25-69(2)60(83)88-31-35-14-16-36(17-15-35)67-58(81)39(11-9-22-65-59(63)82)68-45(74)30-66-44(73)13-6-5-7-24-71-47(75)19-20-48(71)76/h8,10,12,14-17,34,39-40,42,46,49,64,78,80,85H,5-7,9,11,13,18-33H2,1-4H3,(H,66,73)(H,67,81)(H,68,74)(H3,63,65,82)/t34-,39-,40-,42-,46+,49-,62-/m0/s1. The van der Waals surface area contributed by atoms with Gasteiger partial charge in [0, 0.05) is 108 Å². The van der Waals surface area contributed by atoms with Gasteiger partial charge in [-0.1, -0.05) is 30.7 Å². The van der Waals surface area contributed by atoms with E-state index in [-0.39, 0.29) is 117 Å². The molecule has 3 aromatic rings. The predicted octanol–water partition coefficient (Wildman–Crippen LogP) is 2.08. The van der Waals surface area contributed by atoms with Crippen LogP contribution in [0.1, 0.15) is 132 Å². The number of methoxy groups -OCH3 is 1. The van der Waals surface area contributed by atoms with Crippen molar-refractivity contribution in [3.8, 4) is 17.2 Å². The number of ketones is 3. The Balaban J connectivity index is 0.813. The van der Waals surface area contributed by atoms with E-state index in [0.29, 0.717) is 63.2 Å². The largest absolute Gasteiger partial charge is 0.507 e. The van der Waals surface area contributed by atoms with Gasteiger partial charge in [0.25, 0.3) is 0 Å². The molecule has 0 spiro atoms. The highest BCUT2D eigenvalue weighted by atomic mass is 16.7. The number of amides is 9. The van der Waals surface area contributed by atoms with Crippen molar-refractivity contribution >= 4 is 70.8 Å². The van der Waals surface area contributed by atoms with E-state index in [0.717, 1.165) is 4.90 Å². The molecule has 30 heteroatoms. The Bertz CT molecular complexity index is 3270. The minimum absolute atomic E-state index is 0.0506. The van der Waals surface area contributed by atoms with Crippen molar-refractivity contribution < 1.29 is 101 Å². The first kappa shape index (κ1) is 69.1. The number of nitrogens with two attached hydrogens (primary N) is 1. The van der Waals surface area contributed by atoms with Crippen LogP contribution in [0.25, 0.3) is 0 Å². The highest BCUT2D eigenvalue weighted by molar-refractivity contribution is 6.31. The number of benzene rings is 3. The SMILES string of the molecule is COc1cccc2c1C(=O)c1c(O)c3c(c(O)c1C2=O)C[C@@](O)(C(=O)COC(=O)N(C)CCN(C)C(=O)OCc1ccc(NC(=O)[C@H](CCCNC(N)=O)NC(=O)CNC(=O)CCCCCN2C(=O)CCC2=O)cc1)C[C@@H]3O[C@H]1CC[C@H](O[C@@H]2COCCN2)[C@H](C)O1. The van der Waals surface area contributed by atoms with Crippen molar-refractivity contribution in [1.29, 1.82) is 0 Å². The summed E-state index contributed by atoms with van der Waals surface area (Å²) < 4.78 is 40.6. The Morgan fingerprint density at radius 3 is 2.22 bits per heavy atom. The van der Waals surface area contributed by atoms with Crippen LogP contribution in [0, 0.1) is 0 Å². The molecule has 92 heavy (non-hydrogen) atoms. The minimum Gasteiger partial charge on any atom is -0.507 e. The maximum absolute atomic E-state index is 14.2. The molecule has 30 nitrogen and oxygen atoms in total. The zero-order valence-corrected chi connectivity index (χ0v) is 51.7. The number of likely N-dealkylation sites (N-methyl/N-ethyl adjacent to an activating group) is 2. The summed E-state index contributed by atoms with van der Waals surface area (Å²) in [4.78, 5) is 146. The average molecular weight is 1290 g/mol. The number of carbonyl (C=O) groups is 11. The van der Waals surface area contributed by atoms with Gasteiger partial charge in [0.05, 0.1) is 61.9 Å². The number of unbranched alkanes of at least 4 members (excludes halogenated alkanes) is 2. The number of nitrogens with one attached hydrogen (secondary N) is 5. The first-order valence-corrected chi connectivity index (χ1v) is 30.4. The van der Waals surface area contributed by atoms with Crippen molar-refractivity contribution in [3.05, 3.63) is 81.4 Å². The molecule has 3 aromatic carbocycles. The highest BCUT2D eigenvalue weighted by Gasteiger charge is 2.51. The van der Waals surface area contributed by atoms with Gasteiger partial charge in [-0.15, -0.1) is 0 Å². The number of hydrogen-bond acceptors (Lipinski definition) is 22. The number of aromatic hydroxyl groups is 2. The summed E-state index contributed by atoms with van der Waals surface area (Å²) in [7, 11) is 4.07. The Labute approximate surface area is 529 Å². The lowest BCUT2D eigenvalue weighted by molar-refractivity contribution is -0.258. The molecule has 0 radical (unpaired) electrons. The van der Waals surface area contributed by atoms with E-state index in [9.17, 15) is 68.1 Å². The number of nitrogens with zero attached hydrogens (tertiary/aromatic N) is 3. The lowest BCUT2D eigenvalue weighted by atomic mass is 9.72. The number of anilines is 1. The van der Waals surface area contributed by atoms with Crippen molar-refractivity contribution in [2.24, 2.45) is 5.73 Å². The molecule has 3 aliphatic heterocycles. The van der Waals surface area contributed by atoms with E-state index in [1.54, 1.807) is 19.1 Å². The number of rotatable bonds is 28. The summed E-state index contributed by atoms with van der Waals surface area (Å²) >= 11 is 0. The van der Waals surface area contributed by atoms with Gasteiger partial charge in [0.2, 0.25) is 41.1 Å². The number of phenolic OH excluding ortho intramolecular Hbond substituents is 2. The molecule has 3 saturated heterocycles. The second kappa shape index (κ2) is 31.5. The minimum atomic E-state index is -2.46. The van der Waals surface area contributed by atoms with E-state index in [1.807, 2.05) is 0 Å². The zero-order valence-electron chi connectivity index (χ0n) is 51.7. The van der Waals surface area contributed by atoms with Crippen molar-refractivity contribution in [2.75, 3.05) is 85.6 Å². The topological polar surface area (TPSA) is 409 Å². The molecule has 498 valence electrons. The van der Waals surface area contributed by atoms with Crippen molar-refractivity contribution in [3.63, 3.8) is 0 Å². The Hall–Kier alpha value is -8.81. The van der Waals surface area contributed by atoms with Gasteiger partial charge < -0.3 is 85.3 Å². The molecule has 7 atom stereocenters. The van der Waals surface area contributed by atoms with E-state index in [2.05, 4.69) is 26.6 Å². The molecular weight excluding hydrogens is 1210 g/mol. The van der Waals surface area contributed by atoms with E-state index >= 15 is 0 Å². The predicted molar refractivity (Wildman–Crippen MR) is 321 cm³/mol. The quantitative estimate of drug-likeness (QED) is 0.0223. The van der Waals surface area contributed by atoms with Crippen molar-refractivity contribution in [1.82, 2.24) is 36.0 Å². The van der Waals surface area contributed by atoms with Crippen LogP contribution >= 0.6 is 0 Å². The number of urea groups is 1. The monoisotopic (exact) mass is 1290 g/mol. The number of phenols is 2. The summed E-state index contributed by atoms with van der Waals surface area (Å²) in [6.07, 6.45) is -3.75. The van der Waals surface area contributed by atoms with Gasteiger partial charge in [-0.05, 0) is 62.8 Å². The number of Topliss-reactive ketones (excluding diaryl/α,β-unsaturated/α-hetero) is 1. The number of aliphatic hydroxyl groups is 1. The number of primary amides is 1. The molecule has 10 N–H and O–H groups in total. The fraction of sp³-hybridized carbons (Fsp3) is 0.532. The molecular formula is C62H79N9O21. The van der Waals surface area contributed by atoms with Gasteiger partial charge in [0.1, 0.15) is 41.7 Å². The van der Waals surface area contributed by atoms with Crippen LogP contribution in [0.15, 0.2) is 42.5 Å². The molecule has 0 aromatic heterocycles. The van der Waals surface area contributed by atoms with E-state index in [4.69, 9.17) is 38.9 Å².